The van der Waals surface area contributed by atoms with E-state index < -0.39 is 5.54 Å². The molecule has 118 valence electrons. The number of likely N-dealkylation sites (N-methyl/N-ethyl adjacent to an activating group) is 1. The van der Waals surface area contributed by atoms with E-state index in [2.05, 4.69) is 5.32 Å². The molecule has 6 heteroatoms. The maximum absolute atomic E-state index is 11.7. The third kappa shape index (κ3) is 4.53. The molecule has 0 spiro atoms. The lowest BCUT2D eigenvalue weighted by molar-refractivity contribution is -0.148. The summed E-state index contributed by atoms with van der Waals surface area (Å²) in [6.45, 7) is 2.12. The van der Waals surface area contributed by atoms with Crippen LogP contribution >= 0.6 is 0 Å². The molecular formula is C15H23NO5. The van der Waals surface area contributed by atoms with Crippen molar-refractivity contribution < 1.29 is 23.7 Å². The van der Waals surface area contributed by atoms with Crippen LogP contribution in [0.4, 0.5) is 0 Å². The zero-order valence-electron chi connectivity index (χ0n) is 13.2. The smallest absolute Gasteiger partial charge is 0.325 e. The Balaban J connectivity index is 2.69. The second kappa shape index (κ2) is 7.73. The van der Waals surface area contributed by atoms with Gasteiger partial charge in [0.05, 0.1) is 27.9 Å². The minimum absolute atomic E-state index is 0.322. The molecule has 0 aliphatic carbocycles. The molecule has 1 aromatic carbocycles. The highest BCUT2D eigenvalue weighted by atomic mass is 16.5. The summed E-state index contributed by atoms with van der Waals surface area (Å²) in [6, 6.07) is 5.29. The molecule has 1 rings (SSSR count). The van der Waals surface area contributed by atoms with E-state index in [1.165, 1.54) is 7.11 Å². The molecule has 0 amide bonds. The summed E-state index contributed by atoms with van der Waals surface area (Å²) in [4.78, 5) is 11.7. The number of rotatable bonds is 8. The van der Waals surface area contributed by atoms with Gasteiger partial charge in [-0.25, -0.2) is 0 Å². The molecule has 21 heavy (non-hydrogen) atoms. The molecule has 0 bridgehead atoms. The van der Waals surface area contributed by atoms with Crippen LogP contribution in [0.3, 0.4) is 0 Å². The summed E-state index contributed by atoms with van der Waals surface area (Å²) < 4.78 is 20.8. The van der Waals surface area contributed by atoms with Gasteiger partial charge < -0.3 is 24.3 Å². The second-order valence-corrected chi connectivity index (χ2v) is 4.72. The minimum atomic E-state index is -0.780. The van der Waals surface area contributed by atoms with Crippen LogP contribution in [-0.4, -0.2) is 46.5 Å². The summed E-state index contributed by atoms with van der Waals surface area (Å²) in [6.07, 6.45) is 0.468. The van der Waals surface area contributed by atoms with Crippen molar-refractivity contribution in [3.63, 3.8) is 0 Å². The Bertz CT molecular complexity index is 455. The monoisotopic (exact) mass is 297 g/mol. The highest BCUT2D eigenvalue weighted by molar-refractivity contribution is 5.80. The van der Waals surface area contributed by atoms with Gasteiger partial charge >= 0.3 is 5.97 Å². The van der Waals surface area contributed by atoms with Crippen LogP contribution in [0.15, 0.2) is 18.2 Å². The summed E-state index contributed by atoms with van der Waals surface area (Å²) in [5.41, 5.74) is -0.780. The summed E-state index contributed by atoms with van der Waals surface area (Å²) >= 11 is 0. The standard InChI is InChI=1S/C15H23NO5/c1-15(16-2,14(17)20-5)6-7-21-13-9-11(18-3)8-12(10-13)19-4/h8-10,16H,6-7H2,1-5H3. The number of methoxy groups -OCH3 is 3. The normalized spacial score (nSPS) is 13.2. The quantitative estimate of drug-likeness (QED) is 0.736. The first kappa shape index (κ1) is 17.1. The van der Waals surface area contributed by atoms with Crippen LogP contribution in [0.1, 0.15) is 13.3 Å². The SMILES string of the molecule is CNC(C)(CCOc1cc(OC)cc(OC)c1)C(=O)OC. The lowest BCUT2D eigenvalue weighted by Gasteiger charge is -2.25. The van der Waals surface area contributed by atoms with Crippen molar-refractivity contribution in [3.8, 4) is 17.2 Å². The van der Waals surface area contributed by atoms with Gasteiger partial charge in [0.25, 0.3) is 0 Å². The van der Waals surface area contributed by atoms with E-state index in [1.54, 1.807) is 46.4 Å². The molecule has 1 unspecified atom stereocenters. The second-order valence-electron chi connectivity index (χ2n) is 4.72. The van der Waals surface area contributed by atoms with E-state index in [1.807, 2.05) is 0 Å². The van der Waals surface area contributed by atoms with E-state index in [-0.39, 0.29) is 5.97 Å². The van der Waals surface area contributed by atoms with E-state index in [9.17, 15) is 4.79 Å². The Morgan fingerprint density at radius 1 is 1.10 bits per heavy atom. The zero-order valence-corrected chi connectivity index (χ0v) is 13.2. The Morgan fingerprint density at radius 3 is 2.05 bits per heavy atom. The molecule has 0 aliphatic heterocycles. The van der Waals surface area contributed by atoms with Gasteiger partial charge in [-0.1, -0.05) is 0 Å². The summed E-state index contributed by atoms with van der Waals surface area (Å²) in [5.74, 6) is 1.59. The van der Waals surface area contributed by atoms with Gasteiger partial charge in [-0.15, -0.1) is 0 Å². The van der Waals surface area contributed by atoms with Crippen molar-refractivity contribution in [1.29, 1.82) is 0 Å². The van der Waals surface area contributed by atoms with Gasteiger partial charge in [-0.2, -0.15) is 0 Å². The minimum Gasteiger partial charge on any atom is -0.496 e. The predicted octanol–water partition coefficient (Wildman–Crippen LogP) is 1.62. The number of ether oxygens (including phenoxy) is 4. The molecular weight excluding hydrogens is 274 g/mol. The number of benzene rings is 1. The molecule has 0 radical (unpaired) electrons. The van der Waals surface area contributed by atoms with Crippen molar-refractivity contribution in [1.82, 2.24) is 5.32 Å². The van der Waals surface area contributed by atoms with Crippen LogP contribution in [0, 0.1) is 0 Å². The average molecular weight is 297 g/mol. The number of carbonyl (C=O) groups excluding carboxylic acids is 1. The van der Waals surface area contributed by atoms with Gasteiger partial charge in [0.2, 0.25) is 0 Å². The first-order chi connectivity index (χ1) is 9.98. The van der Waals surface area contributed by atoms with Gasteiger partial charge in [-0.05, 0) is 14.0 Å². The van der Waals surface area contributed by atoms with Gasteiger partial charge in [-0.3, -0.25) is 4.79 Å². The molecule has 1 atom stereocenters. The fraction of sp³-hybridized carbons (Fsp3) is 0.533. The zero-order chi connectivity index (χ0) is 15.9. The van der Waals surface area contributed by atoms with E-state index in [4.69, 9.17) is 18.9 Å². The van der Waals surface area contributed by atoms with Crippen molar-refractivity contribution >= 4 is 5.97 Å². The third-order valence-corrected chi connectivity index (χ3v) is 3.38. The fourth-order valence-electron chi connectivity index (χ4n) is 1.79. The molecule has 0 fully saturated rings. The Kier molecular flexibility index (Phi) is 6.30. The number of hydrogen-bond donors (Lipinski definition) is 1. The Morgan fingerprint density at radius 2 is 1.62 bits per heavy atom. The molecule has 1 aromatic rings. The highest BCUT2D eigenvalue weighted by Gasteiger charge is 2.32. The van der Waals surface area contributed by atoms with E-state index in [0.29, 0.717) is 30.3 Å². The van der Waals surface area contributed by atoms with Crippen LogP contribution in [0.25, 0.3) is 0 Å². The average Bonchev–Trinajstić information content (AvgIpc) is 2.53. The summed E-state index contributed by atoms with van der Waals surface area (Å²) in [7, 11) is 6.24. The maximum atomic E-state index is 11.7. The van der Waals surface area contributed by atoms with Crippen molar-refractivity contribution in [2.24, 2.45) is 0 Å². The number of carbonyl (C=O) groups is 1. The largest absolute Gasteiger partial charge is 0.496 e. The maximum Gasteiger partial charge on any atom is 0.325 e. The molecule has 0 saturated heterocycles. The molecule has 0 saturated carbocycles. The molecule has 0 heterocycles. The molecule has 1 N–H and O–H groups in total. The number of hydrogen-bond acceptors (Lipinski definition) is 6. The summed E-state index contributed by atoms with van der Waals surface area (Å²) in [5, 5.41) is 2.96. The van der Waals surface area contributed by atoms with Crippen LogP contribution in [0.5, 0.6) is 17.2 Å². The molecule has 0 aliphatic rings. The van der Waals surface area contributed by atoms with Crippen LogP contribution < -0.4 is 19.5 Å². The lowest BCUT2D eigenvalue weighted by Crippen LogP contribution is -2.49. The van der Waals surface area contributed by atoms with Crippen LogP contribution in [-0.2, 0) is 9.53 Å². The van der Waals surface area contributed by atoms with Crippen LogP contribution in [0.2, 0.25) is 0 Å². The Labute approximate surface area is 125 Å². The van der Waals surface area contributed by atoms with Gasteiger partial charge in [0.15, 0.2) is 0 Å². The molecule has 0 aromatic heterocycles. The van der Waals surface area contributed by atoms with Crippen molar-refractivity contribution in [2.75, 3.05) is 35.0 Å². The van der Waals surface area contributed by atoms with E-state index >= 15 is 0 Å². The van der Waals surface area contributed by atoms with Crippen molar-refractivity contribution in [2.45, 2.75) is 18.9 Å². The Hall–Kier alpha value is -1.95. The van der Waals surface area contributed by atoms with Crippen molar-refractivity contribution in [3.05, 3.63) is 18.2 Å². The third-order valence-electron chi connectivity index (χ3n) is 3.38. The van der Waals surface area contributed by atoms with E-state index in [0.717, 1.165) is 0 Å². The number of nitrogens with one attached hydrogen (secondary N) is 1. The first-order valence-corrected chi connectivity index (χ1v) is 6.62. The highest BCUT2D eigenvalue weighted by Crippen LogP contribution is 2.27. The van der Waals surface area contributed by atoms with Gasteiger partial charge in [0, 0.05) is 24.6 Å². The lowest BCUT2D eigenvalue weighted by atomic mass is 9.99. The van der Waals surface area contributed by atoms with Gasteiger partial charge in [0.1, 0.15) is 22.8 Å². The predicted molar refractivity (Wildman–Crippen MR) is 79.1 cm³/mol. The number of esters is 1. The first-order valence-electron chi connectivity index (χ1n) is 6.62. The molecule has 6 nitrogen and oxygen atoms in total. The fourth-order valence-corrected chi connectivity index (χ4v) is 1.79. The topological polar surface area (TPSA) is 66.0 Å².